The second-order valence-electron chi connectivity index (χ2n) is 5.72. The number of hydrogen-bond acceptors (Lipinski definition) is 4. The smallest absolute Gasteiger partial charge is 0.264 e. The van der Waals surface area contributed by atoms with Crippen LogP contribution in [-0.2, 0) is 10.0 Å². The van der Waals surface area contributed by atoms with Crippen LogP contribution in [0.5, 0.6) is 0 Å². The number of fused-ring (bicyclic) bond motifs is 1. The molecular weight excluding hydrogens is 334 g/mol. The van der Waals surface area contributed by atoms with Crippen molar-refractivity contribution in [3.8, 4) is 11.3 Å². The molecule has 0 amide bonds. The summed E-state index contributed by atoms with van der Waals surface area (Å²) in [6, 6.07) is 15.7. The molecule has 0 aliphatic heterocycles. The number of rotatable bonds is 3. The van der Waals surface area contributed by atoms with Crippen molar-refractivity contribution in [2.45, 2.75) is 11.8 Å². The maximum Gasteiger partial charge on any atom is 0.269 e. The van der Waals surface area contributed by atoms with E-state index < -0.39 is 10.0 Å². The van der Waals surface area contributed by atoms with Crippen LogP contribution in [0.25, 0.3) is 22.3 Å². The highest BCUT2D eigenvalue weighted by atomic mass is 32.2. The first kappa shape index (κ1) is 15.5. The number of nitrogens with zero attached hydrogens (tertiary/aromatic N) is 3. The number of pyridine rings is 2. The van der Waals surface area contributed by atoms with Crippen LogP contribution >= 0.6 is 0 Å². The molecule has 0 aliphatic carbocycles. The Hall–Kier alpha value is -2.99. The van der Waals surface area contributed by atoms with E-state index in [1.54, 1.807) is 55.0 Å². The molecule has 0 spiro atoms. The first-order chi connectivity index (χ1) is 12.1. The summed E-state index contributed by atoms with van der Waals surface area (Å²) in [5.41, 5.74) is 2.66. The van der Waals surface area contributed by atoms with Gasteiger partial charge in [0, 0.05) is 29.5 Å². The Morgan fingerprint density at radius 1 is 0.960 bits per heavy atom. The predicted octanol–water partition coefficient (Wildman–Crippen LogP) is 3.64. The second kappa shape index (κ2) is 5.82. The lowest BCUT2D eigenvalue weighted by Gasteiger charge is -2.11. The fourth-order valence-corrected chi connectivity index (χ4v) is 4.36. The molecule has 25 heavy (non-hydrogen) atoms. The Kier molecular flexibility index (Phi) is 3.62. The molecule has 3 heterocycles. The summed E-state index contributed by atoms with van der Waals surface area (Å²) in [5, 5.41) is 0.806. The highest BCUT2D eigenvalue weighted by Gasteiger charge is 2.25. The van der Waals surface area contributed by atoms with E-state index in [1.165, 1.54) is 3.97 Å². The van der Waals surface area contributed by atoms with E-state index in [1.807, 2.05) is 25.1 Å². The summed E-state index contributed by atoms with van der Waals surface area (Å²) in [6.45, 7) is 1.94. The van der Waals surface area contributed by atoms with Crippen molar-refractivity contribution in [2.24, 2.45) is 0 Å². The Bertz CT molecular complexity index is 1150. The molecule has 0 unspecified atom stereocenters. The number of hydrogen-bond donors (Lipinski definition) is 0. The van der Waals surface area contributed by atoms with E-state index in [-0.39, 0.29) is 4.90 Å². The molecular formula is C19H15N3O2S. The van der Waals surface area contributed by atoms with Gasteiger partial charge in [0.25, 0.3) is 10.0 Å². The Balaban J connectivity index is 2.11. The van der Waals surface area contributed by atoms with Crippen LogP contribution in [0.3, 0.4) is 0 Å². The largest absolute Gasteiger partial charge is 0.269 e. The van der Waals surface area contributed by atoms with Gasteiger partial charge in [0.15, 0.2) is 5.65 Å². The van der Waals surface area contributed by atoms with Gasteiger partial charge in [-0.05, 0) is 48.9 Å². The Morgan fingerprint density at radius 3 is 2.48 bits per heavy atom. The van der Waals surface area contributed by atoms with Crippen LogP contribution in [-0.4, -0.2) is 22.4 Å². The minimum atomic E-state index is -3.79. The summed E-state index contributed by atoms with van der Waals surface area (Å²) in [7, 11) is -3.79. The monoisotopic (exact) mass is 349 g/mol. The summed E-state index contributed by atoms with van der Waals surface area (Å²) >= 11 is 0. The number of aryl methyl sites for hydroxylation is 1. The minimum Gasteiger partial charge on any atom is -0.264 e. The van der Waals surface area contributed by atoms with Gasteiger partial charge in [0.1, 0.15) is 0 Å². The van der Waals surface area contributed by atoms with Crippen molar-refractivity contribution in [1.82, 2.24) is 13.9 Å². The molecule has 124 valence electrons. The molecule has 6 heteroatoms. The Morgan fingerprint density at radius 2 is 1.76 bits per heavy atom. The van der Waals surface area contributed by atoms with Gasteiger partial charge in [-0.2, -0.15) is 0 Å². The highest BCUT2D eigenvalue weighted by molar-refractivity contribution is 7.90. The standard InChI is InChI=1S/C19H15N3O2S/c1-14-9-11-21-19-17(14)12-18(15-6-5-10-20-13-15)22(19)25(23,24)16-7-3-2-4-8-16/h2-13H,1H3. The van der Waals surface area contributed by atoms with Crippen molar-refractivity contribution in [3.63, 3.8) is 0 Å². The van der Waals surface area contributed by atoms with Crippen molar-refractivity contribution in [2.75, 3.05) is 0 Å². The summed E-state index contributed by atoms with van der Waals surface area (Å²) in [5.74, 6) is 0. The molecule has 1 aromatic carbocycles. The van der Waals surface area contributed by atoms with Gasteiger partial charge < -0.3 is 0 Å². The average molecular weight is 349 g/mol. The van der Waals surface area contributed by atoms with E-state index >= 15 is 0 Å². The maximum absolute atomic E-state index is 13.3. The number of benzene rings is 1. The molecule has 4 aromatic rings. The van der Waals surface area contributed by atoms with Crippen LogP contribution < -0.4 is 0 Å². The lowest BCUT2D eigenvalue weighted by atomic mass is 10.1. The van der Waals surface area contributed by atoms with E-state index in [9.17, 15) is 8.42 Å². The normalized spacial score (nSPS) is 11.7. The molecule has 0 bridgehead atoms. The third-order valence-electron chi connectivity index (χ3n) is 4.12. The molecule has 0 atom stereocenters. The molecule has 5 nitrogen and oxygen atoms in total. The van der Waals surface area contributed by atoms with Gasteiger partial charge in [-0.3, -0.25) is 4.98 Å². The SMILES string of the molecule is Cc1ccnc2c1cc(-c1cccnc1)n2S(=O)(=O)c1ccccc1. The highest BCUT2D eigenvalue weighted by Crippen LogP contribution is 2.32. The van der Waals surface area contributed by atoms with Crippen molar-refractivity contribution < 1.29 is 8.42 Å². The van der Waals surface area contributed by atoms with E-state index in [4.69, 9.17) is 0 Å². The maximum atomic E-state index is 13.3. The van der Waals surface area contributed by atoms with E-state index in [0.29, 0.717) is 11.3 Å². The molecule has 0 aliphatic rings. The van der Waals surface area contributed by atoms with Gasteiger partial charge in [0.05, 0.1) is 10.6 Å². The third kappa shape index (κ3) is 2.51. The van der Waals surface area contributed by atoms with Gasteiger partial charge in [-0.25, -0.2) is 17.4 Å². The zero-order chi connectivity index (χ0) is 17.4. The predicted molar refractivity (Wildman–Crippen MR) is 96.7 cm³/mol. The quantitative estimate of drug-likeness (QED) is 0.566. The molecule has 0 N–H and O–H groups in total. The lowest BCUT2D eigenvalue weighted by molar-refractivity contribution is 0.589. The van der Waals surface area contributed by atoms with Crippen molar-refractivity contribution in [3.05, 3.63) is 78.8 Å². The topological polar surface area (TPSA) is 64.8 Å². The van der Waals surface area contributed by atoms with E-state index in [0.717, 1.165) is 16.5 Å². The van der Waals surface area contributed by atoms with Gasteiger partial charge in [-0.1, -0.05) is 18.2 Å². The van der Waals surface area contributed by atoms with E-state index in [2.05, 4.69) is 9.97 Å². The molecule has 3 aromatic heterocycles. The lowest BCUT2D eigenvalue weighted by Crippen LogP contribution is -2.14. The number of aromatic nitrogens is 3. The van der Waals surface area contributed by atoms with Crippen molar-refractivity contribution >= 4 is 21.1 Å². The van der Waals surface area contributed by atoms with Gasteiger partial charge >= 0.3 is 0 Å². The van der Waals surface area contributed by atoms with Gasteiger partial charge in [0.2, 0.25) is 0 Å². The molecule has 0 fully saturated rings. The van der Waals surface area contributed by atoms with Gasteiger partial charge in [-0.15, -0.1) is 0 Å². The first-order valence-electron chi connectivity index (χ1n) is 7.77. The molecule has 4 rings (SSSR count). The summed E-state index contributed by atoms with van der Waals surface area (Å²) < 4.78 is 27.9. The van der Waals surface area contributed by atoms with Crippen LogP contribution in [0.2, 0.25) is 0 Å². The van der Waals surface area contributed by atoms with Crippen LogP contribution in [0.15, 0.2) is 78.1 Å². The zero-order valence-electron chi connectivity index (χ0n) is 13.5. The fourth-order valence-electron chi connectivity index (χ4n) is 2.86. The van der Waals surface area contributed by atoms with Crippen LogP contribution in [0.1, 0.15) is 5.56 Å². The zero-order valence-corrected chi connectivity index (χ0v) is 14.3. The molecule has 0 saturated carbocycles. The molecule has 0 saturated heterocycles. The second-order valence-corrected chi connectivity index (χ2v) is 7.51. The Labute approximate surface area is 145 Å². The fraction of sp³-hybridized carbons (Fsp3) is 0.0526. The van der Waals surface area contributed by atoms with Crippen molar-refractivity contribution in [1.29, 1.82) is 0 Å². The third-order valence-corrected chi connectivity index (χ3v) is 5.84. The summed E-state index contributed by atoms with van der Waals surface area (Å²) in [6.07, 6.45) is 4.94. The molecule has 0 radical (unpaired) electrons. The first-order valence-corrected chi connectivity index (χ1v) is 9.21. The average Bonchev–Trinajstić information content (AvgIpc) is 3.05. The summed E-state index contributed by atoms with van der Waals surface area (Å²) in [4.78, 5) is 8.69. The van der Waals surface area contributed by atoms with Crippen LogP contribution in [0, 0.1) is 6.92 Å². The minimum absolute atomic E-state index is 0.223. The van der Waals surface area contributed by atoms with Crippen LogP contribution in [0.4, 0.5) is 0 Å².